The summed E-state index contributed by atoms with van der Waals surface area (Å²) >= 11 is 0. The minimum absolute atomic E-state index is 0.00813. The van der Waals surface area contributed by atoms with E-state index in [1.165, 1.54) is 0 Å². The van der Waals surface area contributed by atoms with Gasteiger partial charge in [-0.2, -0.15) is 0 Å². The quantitative estimate of drug-likeness (QED) is 0.747. The molecule has 0 spiro atoms. The first-order chi connectivity index (χ1) is 11.7. The Morgan fingerprint density at radius 3 is 2.71 bits per heavy atom. The van der Waals surface area contributed by atoms with Gasteiger partial charge in [0.1, 0.15) is 17.7 Å². The molecule has 0 radical (unpaired) electrons. The second-order valence-corrected chi connectivity index (χ2v) is 6.44. The number of hydrogen-bond acceptors (Lipinski definition) is 5. The third-order valence-corrected chi connectivity index (χ3v) is 4.14. The Kier molecular flexibility index (Phi) is 5.88. The van der Waals surface area contributed by atoms with Crippen molar-refractivity contribution < 1.29 is 14.0 Å². The molecule has 1 unspecified atom stereocenters. The zero-order chi connectivity index (χ0) is 16.8. The molecule has 5 heteroatoms. The highest BCUT2D eigenvalue weighted by Crippen LogP contribution is 2.23. The molecule has 1 fully saturated rings. The van der Waals surface area contributed by atoms with Crippen molar-refractivity contribution in [3.05, 3.63) is 47.3 Å². The Hall–Kier alpha value is -1.85. The van der Waals surface area contributed by atoms with E-state index in [1.54, 1.807) is 0 Å². The second kappa shape index (κ2) is 8.31. The molecule has 1 aliphatic heterocycles. The SMILES string of the molecule is Cc1cc(CCCCCOc2ccc(C3N[C@@H](C)CO3)cc2)on1. The van der Waals surface area contributed by atoms with E-state index in [1.807, 2.05) is 25.1 Å². The average Bonchev–Trinajstić information content (AvgIpc) is 3.20. The van der Waals surface area contributed by atoms with Crippen LogP contribution in [0.3, 0.4) is 0 Å². The molecule has 24 heavy (non-hydrogen) atoms. The number of aromatic nitrogens is 1. The molecular weight excluding hydrogens is 304 g/mol. The van der Waals surface area contributed by atoms with E-state index in [-0.39, 0.29) is 6.23 Å². The zero-order valence-corrected chi connectivity index (χ0v) is 14.5. The lowest BCUT2D eigenvalue weighted by molar-refractivity contribution is 0.101. The normalized spacial score (nSPS) is 20.4. The summed E-state index contributed by atoms with van der Waals surface area (Å²) in [5, 5.41) is 7.29. The Labute approximate surface area is 143 Å². The van der Waals surface area contributed by atoms with E-state index < -0.39 is 0 Å². The second-order valence-electron chi connectivity index (χ2n) is 6.44. The standard InChI is InChI=1S/C19H26N2O3/c1-14-12-18(24-21-14)6-4-3-5-11-22-17-9-7-16(8-10-17)19-20-15(2)13-23-19/h7-10,12,15,19-20H,3-6,11,13H2,1-2H3/t15-,19?/m0/s1. The summed E-state index contributed by atoms with van der Waals surface area (Å²) in [5.41, 5.74) is 2.10. The van der Waals surface area contributed by atoms with Gasteiger partial charge in [0.05, 0.1) is 18.9 Å². The Balaban J connectivity index is 1.32. The fraction of sp³-hybridized carbons (Fsp3) is 0.526. The minimum atomic E-state index is 0.00813. The minimum Gasteiger partial charge on any atom is -0.494 e. The van der Waals surface area contributed by atoms with E-state index in [4.69, 9.17) is 14.0 Å². The number of aryl methyl sites for hydroxylation is 2. The van der Waals surface area contributed by atoms with Crippen molar-refractivity contribution in [3.63, 3.8) is 0 Å². The van der Waals surface area contributed by atoms with Gasteiger partial charge in [-0.25, -0.2) is 0 Å². The first-order valence-corrected chi connectivity index (χ1v) is 8.73. The van der Waals surface area contributed by atoms with Crippen LogP contribution in [-0.2, 0) is 11.2 Å². The van der Waals surface area contributed by atoms with Crippen LogP contribution < -0.4 is 10.1 Å². The van der Waals surface area contributed by atoms with E-state index in [2.05, 4.69) is 29.5 Å². The molecular formula is C19H26N2O3. The molecule has 3 rings (SSSR count). The molecule has 0 amide bonds. The number of benzene rings is 1. The molecule has 2 atom stereocenters. The van der Waals surface area contributed by atoms with Gasteiger partial charge in [-0.15, -0.1) is 0 Å². The summed E-state index contributed by atoms with van der Waals surface area (Å²) < 4.78 is 16.7. The van der Waals surface area contributed by atoms with E-state index >= 15 is 0 Å². The van der Waals surface area contributed by atoms with Crippen LogP contribution in [0.2, 0.25) is 0 Å². The molecule has 2 aromatic rings. The molecule has 1 aliphatic rings. The smallest absolute Gasteiger partial charge is 0.136 e. The molecule has 2 heterocycles. The number of nitrogens with zero attached hydrogens (tertiary/aromatic N) is 1. The van der Waals surface area contributed by atoms with Crippen LogP contribution >= 0.6 is 0 Å². The van der Waals surface area contributed by atoms with Crippen LogP contribution in [0.1, 0.15) is 49.4 Å². The molecule has 1 aromatic carbocycles. The van der Waals surface area contributed by atoms with E-state index in [9.17, 15) is 0 Å². The van der Waals surface area contributed by atoms with Gasteiger partial charge in [-0.1, -0.05) is 17.3 Å². The lowest BCUT2D eigenvalue weighted by Gasteiger charge is -2.12. The van der Waals surface area contributed by atoms with Gasteiger partial charge < -0.3 is 14.0 Å². The zero-order valence-electron chi connectivity index (χ0n) is 14.5. The van der Waals surface area contributed by atoms with Crippen molar-refractivity contribution in [2.75, 3.05) is 13.2 Å². The number of hydrogen-bond donors (Lipinski definition) is 1. The van der Waals surface area contributed by atoms with Crippen LogP contribution in [0.25, 0.3) is 0 Å². The van der Waals surface area contributed by atoms with Gasteiger partial charge in [0.25, 0.3) is 0 Å². The van der Waals surface area contributed by atoms with E-state index in [0.717, 1.165) is 61.7 Å². The molecule has 130 valence electrons. The predicted molar refractivity (Wildman–Crippen MR) is 92.0 cm³/mol. The highest BCUT2D eigenvalue weighted by atomic mass is 16.5. The molecule has 5 nitrogen and oxygen atoms in total. The lowest BCUT2D eigenvalue weighted by Crippen LogP contribution is -2.22. The van der Waals surface area contributed by atoms with Crippen LogP contribution in [0.4, 0.5) is 0 Å². The Morgan fingerprint density at radius 2 is 2.04 bits per heavy atom. The number of unbranched alkanes of at least 4 members (excludes halogenated alkanes) is 2. The number of nitrogens with one attached hydrogen (secondary N) is 1. The first-order valence-electron chi connectivity index (χ1n) is 8.73. The summed E-state index contributed by atoms with van der Waals surface area (Å²) in [5.74, 6) is 1.89. The topological polar surface area (TPSA) is 56.5 Å². The van der Waals surface area contributed by atoms with Crippen molar-refractivity contribution in [1.82, 2.24) is 10.5 Å². The molecule has 0 aliphatic carbocycles. The van der Waals surface area contributed by atoms with Crippen LogP contribution in [0, 0.1) is 6.92 Å². The molecule has 0 bridgehead atoms. The highest BCUT2D eigenvalue weighted by Gasteiger charge is 2.21. The van der Waals surface area contributed by atoms with E-state index in [0.29, 0.717) is 6.04 Å². The van der Waals surface area contributed by atoms with Crippen molar-refractivity contribution >= 4 is 0 Å². The first kappa shape index (κ1) is 17.0. The maximum atomic E-state index is 5.80. The summed E-state index contributed by atoms with van der Waals surface area (Å²) in [7, 11) is 0. The van der Waals surface area contributed by atoms with Gasteiger partial charge in [-0.05, 0) is 50.8 Å². The monoisotopic (exact) mass is 330 g/mol. The largest absolute Gasteiger partial charge is 0.494 e. The third kappa shape index (κ3) is 4.82. The van der Waals surface area contributed by atoms with Gasteiger partial charge in [-0.3, -0.25) is 5.32 Å². The fourth-order valence-corrected chi connectivity index (χ4v) is 2.83. The van der Waals surface area contributed by atoms with Crippen molar-refractivity contribution in [1.29, 1.82) is 0 Å². The number of rotatable bonds is 8. The molecule has 0 saturated carbocycles. The number of ether oxygens (including phenoxy) is 2. The molecule has 1 saturated heterocycles. The van der Waals surface area contributed by atoms with Crippen LogP contribution in [0.15, 0.2) is 34.9 Å². The van der Waals surface area contributed by atoms with Gasteiger partial charge >= 0.3 is 0 Å². The van der Waals surface area contributed by atoms with Crippen molar-refractivity contribution in [2.45, 2.75) is 51.8 Å². The van der Waals surface area contributed by atoms with Crippen LogP contribution in [-0.4, -0.2) is 24.4 Å². The fourth-order valence-electron chi connectivity index (χ4n) is 2.83. The van der Waals surface area contributed by atoms with Crippen molar-refractivity contribution in [3.8, 4) is 5.75 Å². The maximum Gasteiger partial charge on any atom is 0.136 e. The third-order valence-electron chi connectivity index (χ3n) is 4.14. The molecule has 1 aromatic heterocycles. The van der Waals surface area contributed by atoms with Gasteiger partial charge in [0, 0.05) is 18.5 Å². The Morgan fingerprint density at radius 1 is 1.21 bits per heavy atom. The van der Waals surface area contributed by atoms with Gasteiger partial charge in [0.15, 0.2) is 0 Å². The summed E-state index contributed by atoms with van der Waals surface area (Å²) in [6, 6.07) is 10.6. The predicted octanol–water partition coefficient (Wildman–Crippen LogP) is 3.78. The van der Waals surface area contributed by atoms with Gasteiger partial charge in [0.2, 0.25) is 0 Å². The average molecular weight is 330 g/mol. The highest BCUT2D eigenvalue weighted by molar-refractivity contribution is 5.28. The summed E-state index contributed by atoms with van der Waals surface area (Å²) in [6.07, 6.45) is 4.21. The molecule has 1 N–H and O–H groups in total. The van der Waals surface area contributed by atoms with Crippen molar-refractivity contribution in [2.24, 2.45) is 0 Å². The maximum absolute atomic E-state index is 5.80. The lowest BCUT2D eigenvalue weighted by atomic mass is 10.1. The summed E-state index contributed by atoms with van der Waals surface area (Å²) in [6.45, 7) is 5.57. The van der Waals surface area contributed by atoms with Crippen LogP contribution in [0.5, 0.6) is 5.75 Å². The summed E-state index contributed by atoms with van der Waals surface area (Å²) in [4.78, 5) is 0. The Bertz CT molecular complexity index is 624.